The van der Waals surface area contributed by atoms with Gasteiger partial charge >= 0.3 is 0 Å². The third kappa shape index (κ3) is 2.41. The van der Waals surface area contributed by atoms with Crippen LogP contribution in [0, 0.1) is 18.6 Å². The van der Waals surface area contributed by atoms with E-state index in [2.05, 4.69) is 9.97 Å². The van der Waals surface area contributed by atoms with E-state index in [1.54, 1.807) is 0 Å². The zero-order chi connectivity index (χ0) is 14.2. The molecule has 1 N–H and O–H groups in total. The molecule has 0 spiro atoms. The van der Waals surface area contributed by atoms with E-state index in [1.807, 2.05) is 13.8 Å². The molecule has 0 fully saturated rings. The number of halogens is 2. The summed E-state index contributed by atoms with van der Waals surface area (Å²) in [4.78, 5) is 18.6. The van der Waals surface area contributed by atoms with Crippen molar-refractivity contribution in [2.24, 2.45) is 0 Å². The summed E-state index contributed by atoms with van der Waals surface area (Å²) < 4.78 is 27.6. The number of hydrogen-bond acceptors (Lipinski definition) is 2. The first-order valence-corrected chi connectivity index (χ1v) is 5.97. The summed E-state index contributed by atoms with van der Waals surface area (Å²) in [6, 6.07) is 3.57. The molecule has 1 aromatic heterocycles. The van der Waals surface area contributed by atoms with Crippen molar-refractivity contribution in [3.05, 3.63) is 51.6 Å². The quantitative estimate of drug-likeness (QED) is 0.905. The molecule has 0 unspecified atom stereocenters. The summed E-state index contributed by atoms with van der Waals surface area (Å²) in [6.45, 7) is 5.18. The SMILES string of the molecule is Cc1c(-c2c(F)cccc2F)nc(C(C)C)[nH]c1=O. The van der Waals surface area contributed by atoms with Gasteiger partial charge in [-0.05, 0) is 19.1 Å². The Labute approximate surface area is 109 Å². The highest BCUT2D eigenvalue weighted by molar-refractivity contribution is 5.63. The zero-order valence-electron chi connectivity index (χ0n) is 10.9. The molecule has 2 rings (SSSR count). The summed E-state index contributed by atoms with van der Waals surface area (Å²) in [6.07, 6.45) is 0. The predicted molar refractivity (Wildman–Crippen MR) is 69.0 cm³/mol. The molecular formula is C14H14F2N2O. The van der Waals surface area contributed by atoms with Gasteiger partial charge in [0.15, 0.2) is 0 Å². The normalized spacial score (nSPS) is 11.1. The number of hydrogen-bond donors (Lipinski definition) is 1. The van der Waals surface area contributed by atoms with Gasteiger partial charge in [0.1, 0.15) is 17.5 Å². The molecule has 0 aliphatic rings. The molecule has 19 heavy (non-hydrogen) atoms. The number of nitrogens with one attached hydrogen (secondary N) is 1. The van der Waals surface area contributed by atoms with Crippen LogP contribution in [0.1, 0.15) is 31.2 Å². The minimum Gasteiger partial charge on any atom is -0.310 e. The Morgan fingerprint density at radius 1 is 1.21 bits per heavy atom. The van der Waals surface area contributed by atoms with Crippen molar-refractivity contribution in [2.45, 2.75) is 26.7 Å². The fourth-order valence-corrected chi connectivity index (χ4v) is 1.79. The molecule has 1 heterocycles. The highest BCUT2D eigenvalue weighted by Crippen LogP contribution is 2.26. The van der Waals surface area contributed by atoms with Crippen LogP contribution in [0.25, 0.3) is 11.3 Å². The van der Waals surface area contributed by atoms with Gasteiger partial charge in [0.25, 0.3) is 5.56 Å². The van der Waals surface area contributed by atoms with E-state index in [1.165, 1.54) is 13.0 Å². The lowest BCUT2D eigenvalue weighted by Gasteiger charge is -2.11. The van der Waals surface area contributed by atoms with Crippen LogP contribution in [0.15, 0.2) is 23.0 Å². The largest absolute Gasteiger partial charge is 0.310 e. The number of aromatic nitrogens is 2. The van der Waals surface area contributed by atoms with Gasteiger partial charge in [-0.15, -0.1) is 0 Å². The second-order valence-corrected chi connectivity index (χ2v) is 4.68. The second-order valence-electron chi connectivity index (χ2n) is 4.68. The monoisotopic (exact) mass is 264 g/mol. The Bertz CT molecular complexity index is 657. The fraction of sp³-hybridized carbons (Fsp3) is 0.286. The average Bonchev–Trinajstić information content (AvgIpc) is 2.33. The van der Waals surface area contributed by atoms with Crippen LogP contribution < -0.4 is 5.56 Å². The van der Waals surface area contributed by atoms with Crippen LogP contribution in [0.4, 0.5) is 8.78 Å². The number of benzene rings is 1. The van der Waals surface area contributed by atoms with Crippen molar-refractivity contribution in [1.82, 2.24) is 9.97 Å². The first-order chi connectivity index (χ1) is 8.91. The molecule has 5 heteroatoms. The molecule has 1 aromatic carbocycles. The van der Waals surface area contributed by atoms with E-state index in [9.17, 15) is 13.6 Å². The van der Waals surface area contributed by atoms with Crippen LogP contribution in [-0.2, 0) is 0 Å². The molecule has 0 saturated heterocycles. The maximum atomic E-state index is 13.8. The molecule has 0 aliphatic heterocycles. The van der Waals surface area contributed by atoms with Crippen LogP contribution in [0.5, 0.6) is 0 Å². The maximum Gasteiger partial charge on any atom is 0.254 e. The van der Waals surface area contributed by atoms with Gasteiger partial charge in [-0.1, -0.05) is 19.9 Å². The number of H-pyrrole nitrogens is 1. The summed E-state index contributed by atoms with van der Waals surface area (Å²) >= 11 is 0. The number of aromatic amines is 1. The lowest BCUT2D eigenvalue weighted by atomic mass is 10.1. The van der Waals surface area contributed by atoms with Gasteiger partial charge in [0, 0.05) is 11.5 Å². The van der Waals surface area contributed by atoms with E-state index < -0.39 is 11.6 Å². The van der Waals surface area contributed by atoms with Crippen molar-refractivity contribution >= 4 is 0 Å². The summed E-state index contributed by atoms with van der Waals surface area (Å²) in [5.41, 5.74) is -0.374. The standard InChI is InChI=1S/C14H14F2N2O/c1-7(2)13-17-12(8(3)14(19)18-13)11-9(15)5-4-6-10(11)16/h4-7H,1-3H3,(H,17,18,19). The van der Waals surface area contributed by atoms with Crippen molar-refractivity contribution < 1.29 is 8.78 Å². The first-order valence-electron chi connectivity index (χ1n) is 5.97. The minimum absolute atomic E-state index is 0.0399. The maximum absolute atomic E-state index is 13.8. The molecular weight excluding hydrogens is 250 g/mol. The average molecular weight is 264 g/mol. The fourth-order valence-electron chi connectivity index (χ4n) is 1.79. The summed E-state index contributed by atoms with van der Waals surface area (Å²) in [5.74, 6) is -1.08. The molecule has 0 atom stereocenters. The van der Waals surface area contributed by atoms with Crippen molar-refractivity contribution in [3.63, 3.8) is 0 Å². The molecule has 2 aromatic rings. The van der Waals surface area contributed by atoms with E-state index in [0.717, 1.165) is 12.1 Å². The summed E-state index contributed by atoms with van der Waals surface area (Å²) in [7, 11) is 0. The number of rotatable bonds is 2. The molecule has 0 radical (unpaired) electrons. The van der Waals surface area contributed by atoms with Crippen molar-refractivity contribution in [3.8, 4) is 11.3 Å². The van der Waals surface area contributed by atoms with Gasteiger partial charge in [0.05, 0.1) is 11.3 Å². The van der Waals surface area contributed by atoms with Crippen LogP contribution in [0.2, 0.25) is 0 Å². The van der Waals surface area contributed by atoms with Crippen molar-refractivity contribution in [1.29, 1.82) is 0 Å². The lowest BCUT2D eigenvalue weighted by molar-refractivity contribution is 0.587. The van der Waals surface area contributed by atoms with Gasteiger partial charge in [-0.3, -0.25) is 4.79 Å². The highest BCUT2D eigenvalue weighted by atomic mass is 19.1. The summed E-state index contributed by atoms with van der Waals surface area (Å²) in [5, 5.41) is 0. The predicted octanol–water partition coefficient (Wildman–Crippen LogP) is 3.15. The van der Waals surface area contributed by atoms with Gasteiger partial charge < -0.3 is 4.98 Å². The Hall–Kier alpha value is -2.04. The molecule has 3 nitrogen and oxygen atoms in total. The van der Waals surface area contributed by atoms with E-state index in [-0.39, 0.29) is 28.3 Å². The number of nitrogens with zero attached hydrogens (tertiary/aromatic N) is 1. The molecule has 0 saturated carbocycles. The van der Waals surface area contributed by atoms with E-state index in [0.29, 0.717) is 5.82 Å². The Morgan fingerprint density at radius 2 is 1.79 bits per heavy atom. The van der Waals surface area contributed by atoms with Crippen LogP contribution in [0.3, 0.4) is 0 Å². The molecule has 0 bridgehead atoms. The van der Waals surface area contributed by atoms with E-state index in [4.69, 9.17) is 0 Å². The van der Waals surface area contributed by atoms with Gasteiger partial charge in [-0.2, -0.15) is 0 Å². The second kappa shape index (κ2) is 4.91. The Balaban J connectivity index is 2.79. The molecule has 100 valence electrons. The topological polar surface area (TPSA) is 45.8 Å². The third-order valence-corrected chi connectivity index (χ3v) is 2.92. The molecule has 0 amide bonds. The Kier molecular flexibility index (Phi) is 3.46. The van der Waals surface area contributed by atoms with Crippen molar-refractivity contribution in [2.75, 3.05) is 0 Å². The molecule has 0 aliphatic carbocycles. The van der Waals surface area contributed by atoms with Gasteiger partial charge in [-0.25, -0.2) is 13.8 Å². The first kappa shape index (κ1) is 13.4. The van der Waals surface area contributed by atoms with Gasteiger partial charge in [0.2, 0.25) is 0 Å². The lowest BCUT2D eigenvalue weighted by Crippen LogP contribution is -2.17. The third-order valence-electron chi connectivity index (χ3n) is 2.92. The van der Waals surface area contributed by atoms with Crippen LogP contribution >= 0.6 is 0 Å². The highest BCUT2D eigenvalue weighted by Gasteiger charge is 2.18. The van der Waals surface area contributed by atoms with Crippen LogP contribution in [-0.4, -0.2) is 9.97 Å². The zero-order valence-corrected chi connectivity index (χ0v) is 10.9. The minimum atomic E-state index is -0.726. The van der Waals surface area contributed by atoms with E-state index >= 15 is 0 Å². The smallest absolute Gasteiger partial charge is 0.254 e. The Morgan fingerprint density at radius 3 is 2.32 bits per heavy atom.